The summed E-state index contributed by atoms with van der Waals surface area (Å²) in [5.74, 6) is 0. The van der Waals surface area contributed by atoms with Crippen LogP contribution in [0.1, 0.15) is 20.3 Å². The van der Waals surface area contributed by atoms with E-state index in [9.17, 15) is 0 Å². The van der Waals surface area contributed by atoms with E-state index >= 15 is 0 Å². The minimum Gasteiger partial charge on any atom is -0.382 e. The van der Waals surface area contributed by atoms with Crippen LogP contribution in [0.25, 0.3) is 0 Å². The maximum absolute atomic E-state index is 3.83. The van der Waals surface area contributed by atoms with Gasteiger partial charge in [0.1, 0.15) is 0 Å². The lowest BCUT2D eigenvalue weighted by Crippen LogP contribution is -2.12. The largest absolute Gasteiger partial charge is 0.382 e. The van der Waals surface area contributed by atoms with Crippen molar-refractivity contribution in [3.05, 3.63) is 48.7 Å². The molecule has 0 saturated heterocycles. The van der Waals surface area contributed by atoms with E-state index in [0.717, 1.165) is 24.2 Å². The highest BCUT2D eigenvalue weighted by Crippen LogP contribution is 1.97. The highest BCUT2D eigenvalue weighted by atomic mass is 14.9. The lowest BCUT2D eigenvalue weighted by Gasteiger charge is -2.04. The molecule has 0 aliphatic rings. The van der Waals surface area contributed by atoms with Crippen LogP contribution >= 0.6 is 0 Å². The second-order valence-electron chi connectivity index (χ2n) is 2.90. The number of rotatable bonds is 6. The standard InChI is InChI=1S/C12H19N/c1-5-6-7-8-9-10-13-12(4)11(2)3/h6-9,13H,2,4-5,10H2,1,3H3/b7-6-,9-8-. The first-order chi connectivity index (χ1) is 6.18. The van der Waals surface area contributed by atoms with Crippen molar-refractivity contribution in [2.75, 3.05) is 6.54 Å². The fraction of sp³-hybridized carbons (Fsp3) is 0.333. The SMILES string of the molecule is C=C(C)C(=C)NC/C=C\C=C/CC. The van der Waals surface area contributed by atoms with Crippen molar-refractivity contribution in [1.29, 1.82) is 0 Å². The molecule has 0 fully saturated rings. The van der Waals surface area contributed by atoms with E-state index in [2.05, 4.69) is 37.6 Å². The van der Waals surface area contributed by atoms with Gasteiger partial charge in [0.15, 0.2) is 0 Å². The van der Waals surface area contributed by atoms with Gasteiger partial charge in [-0.05, 0) is 18.9 Å². The van der Waals surface area contributed by atoms with Crippen LogP contribution < -0.4 is 5.32 Å². The molecule has 0 radical (unpaired) electrons. The Balaban J connectivity index is 3.56. The molecular weight excluding hydrogens is 158 g/mol. The van der Waals surface area contributed by atoms with E-state index in [1.165, 1.54) is 0 Å². The van der Waals surface area contributed by atoms with Crippen LogP contribution in [-0.4, -0.2) is 6.54 Å². The number of hydrogen-bond acceptors (Lipinski definition) is 1. The highest BCUT2D eigenvalue weighted by Gasteiger charge is 1.88. The Bertz CT molecular complexity index is 221. The van der Waals surface area contributed by atoms with E-state index in [0.29, 0.717) is 0 Å². The summed E-state index contributed by atoms with van der Waals surface area (Å²) in [4.78, 5) is 0. The van der Waals surface area contributed by atoms with Gasteiger partial charge in [0.2, 0.25) is 0 Å². The van der Waals surface area contributed by atoms with Gasteiger partial charge in [-0.2, -0.15) is 0 Å². The zero-order valence-electron chi connectivity index (χ0n) is 8.64. The zero-order chi connectivity index (χ0) is 10.1. The van der Waals surface area contributed by atoms with Gasteiger partial charge >= 0.3 is 0 Å². The van der Waals surface area contributed by atoms with E-state index in [1.54, 1.807) is 0 Å². The maximum Gasteiger partial charge on any atom is 0.0333 e. The van der Waals surface area contributed by atoms with E-state index in [1.807, 2.05) is 19.1 Å². The first-order valence-electron chi connectivity index (χ1n) is 4.58. The molecule has 0 atom stereocenters. The molecule has 0 rings (SSSR count). The third-order valence-corrected chi connectivity index (χ3v) is 1.57. The maximum atomic E-state index is 3.83. The second kappa shape index (κ2) is 7.41. The number of allylic oxidation sites excluding steroid dienone is 4. The normalized spacial score (nSPS) is 10.9. The molecular formula is C12H19N. The fourth-order valence-corrected chi connectivity index (χ4v) is 0.694. The summed E-state index contributed by atoms with van der Waals surface area (Å²) >= 11 is 0. The Kier molecular flexibility index (Phi) is 6.70. The summed E-state index contributed by atoms with van der Waals surface area (Å²) in [6, 6.07) is 0. The number of hydrogen-bond donors (Lipinski definition) is 1. The summed E-state index contributed by atoms with van der Waals surface area (Å²) in [6.07, 6.45) is 9.33. The van der Waals surface area contributed by atoms with Crippen molar-refractivity contribution >= 4 is 0 Å². The Morgan fingerprint density at radius 3 is 2.38 bits per heavy atom. The third kappa shape index (κ3) is 7.13. The van der Waals surface area contributed by atoms with Gasteiger partial charge in [0, 0.05) is 12.2 Å². The molecule has 1 nitrogen and oxygen atoms in total. The topological polar surface area (TPSA) is 12.0 Å². The molecule has 0 unspecified atom stereocenters. The molecule has 13 heavy (non-hydrogen) atoms. The summed E-state index contributed by atoms with van der Waals surface area (Å²) in [5.41, 5.74) is 1.89. The summed E-state index contributed by atoms with van der Waals surface area (Å²) in [7, 11) is 0. The first kappa shape index (κ1) is 11.8. The monoisotopic (exact) mass is 177 g/mol. The highest BCUT2D eigenvalue weighted by molar-refractivity contribution is 5.21. The predicted molar refractivity (Wildman–Crippen MR) is 60.5 cm³/mol. The van der Waals surface area contributed by atoms with Gasteiger partial charge in [0.05, 0.1) is 0 Å². The van der Waals surface area contributed by atoms with E-state index in [4.69, 9.17) is 0 Å². The average Bonchev–Trinajstić information content (AvgIpc) is 2.10. The molecule has 0 aliphatic carbocycles. The molecule has 0 bridgehead atoms. The Morgan fingerprint density at radius 2 is 1.85 bits per heavy atom. The zero-order valence-corrected chi connectivity index (χ0v) is 8.64. The van der Waals surface area contributed by atoms with Crippen LogP contribution in [0.4, 0.5) is 0 Å². The fourth-order valence-electron chi connectivity index (χ4n) is 0.694. The quantitative estimate of drug-likeness (QED) is 0.614. The molecule has 1 N–H and O–H groups in total. The minimum atomic E-state index is 0.805. The number of nitrogens with one attached hydrogen (secondary N) is 1. The molecule has 1 heteroatoms. The van der Waals surface area contributed by atoms with Gasteiger partial charge in [0.25, 0.3) is 0 Å². The van der Waals surface area contributed by atoms with Gasteiger partial charge in [-0.15, -0.1) is 0 Å². The molecule has 0 spiro atoms. The summed E-state index contributed by atoms with van der Waals surface area (Å²) < 4.78 is 0. The molecule has 0 aromatic carbocycles. The van der Waals surface area contributed by atoms with Crippen molar-refractivity contribution in [2.24, 2.45) is 0 Å². The van der Waals surface area contributed by atoms with Crippen LogP contribution in [0.15, 0.2) is 48.7 Å². The van der Waals surface area contributed by atoms with E-state index in [-0.39, 0.29) is 0 Å². The molecule has 0 heterocycles. The van der Waals surface area contributed by atoms with Crippen molar-refractivity contribution in [3.63, 3.8) is 0 Å². The van der Waals surface area contributed by atoms with Crippen LogP contribution in [0.2, 0.25) is 0 Å². The minimum absolute atomic E-state index is 0.805. The third-order valence-electron chi connectivity index (χ3n) is 1.57. The van der Waals surface area contributed by atoms with E-state index < -0.39 is 0 Å². The average molecular weight is 177 g/mol. The van der Waals surface area contributed by atoms with Gasteiger partial charge in [-0.25, -0.2) is 0 Å². The Morgan fingerprint density at radius 1 is 1.23 bits per heavy atom. The van der Waals surface area contributed by atoms with Crippen LogP contribution in [-0.2, 0) is 0 Å². The lowest BCUT2D eigenvalue weighted by atomic mass is 10.3. The van der Waals surface area contributed by atoms with Crippen molar-refractivity contribution in [2.45, 2.75) is 20.3 Å². The van der Waals surface area contributed by atoms with Gasteiger partial charge < -0.3 is 5.32 Å². The van der Waals surface area contributed by atoms with Crippen LogP contribution in [0.3, 0.4) is 0 Å². The van der Waals surface area contributed by atoms with Gasteiger partial charge in [-0.1, -0.05) is 44.4 Å². The van der Waals surface area contributed by atoms with Crippen LogP contribution in [0, 0.1) is 0 Å². The molecule has 72 valence electrons. The Hall–Kier alpha value is -1.24. The Labute approximate surface area is 81.5 Å². The van der Waals surface area contributed by atoms with Crippen molar-refractivity contribution in [1.82, 2.24) is 5.32 Å². The summed E-state index contributed by atoms with van der Waals surface area (Å²) in [6.45, 7) is 12.5. The molecule has 0 saturated carbocycles. The van der Waals surface area contributed by atoms with Crippen molar-refractivity contribution < 1.29 is 0 Å². The molecule has 0 aliphatic heterocycles. The van der Waals surface area contributed by atoms with Crippen LogP contribution in [0.5, 0.6) is 0 Å². The smallest absolute Gasteiger partial charge is 0.0333 e. The molecule has 0 aromatic rings. The molecule has 0 amide bonds. The van der Waals surface area contributed by atoms with Crippen molar-refractivity contribution in [3.8, 4) is 0 Å². The van der Waals surface area contributed by atoms with Gasteiger partial charge in [-0.3, -0.25) is 0 Å². The summed E-state index contributed by atoms with van der Waals surface area (Å²) in [5, 5.41) is 3.14. The molecule has 0 aromatic heterocycles. The second-order valence-corrected chi connectivity index (χ2v) is 2.90. The first-order valence-corrected chi connectivity index (χ1v) is 4.58. The lowest BCUT2D eigenvalue weighted by molar-refractivity contribution is 0.920. The predicted octanol–water partition coefficient (Wildman–Crippen LogP) is 3.19.